The number of hydrogen-bond donors (Lipinski definition) is 1. The van der Waals surface area contributed by atoms with Crippen LogP contribution in [0.2, 0.25) is 0 Å². The molecule has 4 heteroatoms. The van der Waals surface area contributed by atoms with Crippen LogP contribution in [-0.4, -0.2) is 35.0 Å². The molecule has 1 saturated heterocycles. The average Bonchev–Trinajstić information content (AvgIpc) is 3.22. The molecule has 1 fully saturated rings. The average molecular weight is 325 g/mol. The highest BCUT2D eigenvalue weighted by Crippen LogP contribution is 2.24. The number of carbonyl (C=O) groups is 1. The lowest BCUT2D eigenvalue weighted by atomic mass is 10.0. The Morgan fingerprint density at radius 1 is 1.21 bits per heavy atom. The zero-order chi connectivity index (χ0) is 17.1. The highest BCUT2D eigenvalue weighted by atomic mass is 16.1. The molecule has 1 atom stereocenters. The quantitative estimate of drug-likeness (QED) is 0.916. The fourth-order valence-corrected chi connectivity index (χ4v) is 3.56. The Bertz CT molecular complexity index is 713. The normalized spacial score (nSPS) is 16.3. The molecule has 1 N–H and O–H groups in total. The lowest BCUT2D eigenvalue weighted by Gasteiger charge is -2.28. The topological polar surface area (TPSA) is 37.3 Å². The summed E-state index contributed by atoms with van der Waals surface area (Å²) in [4.78, 5) is 15.1. The van der Waals surface area contributed by atoms with Gasteiger partial charge in [0.25, 0.3) is 5.91 Å². The van der Waals surface area contributed by atoms with Crippen molar-refractivity contribution in [1.82, 2.24) is 14.8 Å². The molecule has 0 saturated carbocycles. The summed E-state index contributed by atoms with van der Waals surface area (Å²) in [6, 6.07) is 10.5. The molecule has 0 aliphatic carbocycles. The van der Waals surface area contributed by atoms with E-state index in [1.54, 1.807) is 0 Å². The van der Waals surface area contributed by atoms with Crippen LogP contribution in [0.3, 0.4) is 0 Å². The van der Waals surface area contributed by atoms with Gasteiger partial charge in [0.1, 0.15) is 0 Å². The Labute approximate surface area is 144 Å². The SMILES string of the molecule is Cc1ccc(C)c(C(=O)NCC(c2cccn2C)N2CCCC2)c1. The Balaban J connectivity index is 1.75. The van der Waals surface area contributed by atoms with Gasteiger partial charge in [0.05, 0.1) is 6.04 Å². The van der Waals surface area contributed by atoms with Crippen LogP contribution in [0, 0.1) is 13.8 Å². The van der Waals surface area contributed by atoms with Crippen LogP contribution in [0.25, 0.3) is 0 Å². The number of aryl methyl sites for hydroxylation is 3. The maximum absolute atomic E-state index is 12.7. The van der Waals surface area contributed by atoms with Gasteiger partial charge in [-0.15, -0.1) is 0 Å². The van der Waals surface area contributed by atoms with E-state index in [2.05, 4.69) is 40.2 Å². The maximum atomic E-state index is 12.7. The molecule has 1 unspecified atom stereocenters. The van der Waals surface area contributed by atoms with Gasteiger partial charge in [-0.05, 0) is 63.5 Å². The minimum atomic E-state index is 0.0228. The monoisotopic (exact) mass is 325 g/mol. The largest absolute Gasteiger partial charge is 0.353 e. The van der Waals surface area contributed by atoms with Crippen molar-refractivity contribution in [3.63, 3.8) is 0 Å². The van der Waals surface area contributed by atoms with E-state index in [0.717, 1.165) is 29.8 Å². The summed E-state index contributed by atoms with van der Waals surface area (Å²) >= 11 is 0. The summed E-state index contributed by atoms with van der Waals surface area (Å²) in [6.07, 6.45) is 4.56. The fourth-order valence-electron chi connectivity index (χ4n) is 3.56. The van der Waals surface area contributed by atoms with E-state index in [9.17, 15) is 4.79 Å². The van der Waals surface area contributed by atoms with E-state index < -0.39 is 0 Å². The van der Waals surface area contributed by atoms with Crippen molar-refractivity contribution in [2.24, 2.45) is 7.05 Å². The number of hydrogen-bond acceptors (Lipinski definition) is 2. The van der Waals surface area contributed by atoms with Gasteiger partial charge < -0.3 is 9.88 Å². The van der Waals surface area contributed by atoms with E-state index in [0.29, 0.717) is 6.54 Å². The van der Waals surface area contributed by atoms with E-state index in [-0.39, 0.29) is 11.9 Å². The van der Waals surface area contributed by atoms with Crippen molar-refractivity contribution in [3.05, 3.63) is 58.9 Å². The number of rotatable bonds is 5. The smallest absolute Gasteiger partial charge is 0.251 e. The van der Waals surface area contributed by atoms with Crippen LogP contribution in [0.1, 0.15) is 46.1 Å². The molecule has 1 aromatic heterocycles. The van der Waals surface area contributed by atoms with Crippen molar-refractivity contribution in [1.29, 1.82) is 0 Å². The molecule has 0 spiro atoms. The predicted octanol–water partition coefficient (Wildman–Crippen LogP) is 3.21. The van der Waals surface area contributed by atoms with Gasteiger partial charge in [-0.3, -0.25) is 9.69 Å². The first-order chi connectivity index (χ1) is 11.6. The molecule has 128 valence electrons. The molecule has 0 bridgehead atoms. The molecule has 2 heterocycles. The molecular formula is C20H27N3O. The molecular weight excluding hydrogens is 298 g/mol. The summed E-state index contributed by atoms with van der Waals surface area (Å²) in [5.41, 5.74) is 4.18. The lowest BCUT2D eigenvalue weighted by molar-refractivity contribution is 0.0936. The van der Waals surface area contributed by atoms with Gasteiger partial charge in [-0.1, -0.05) is 17.7 Å². The van der Waals surface area contributed by atoms with E-state index in [1.807, 2.05) is 32.0 Å². The number of amides is 1. The summed E-state index contributed by atoms with van der Waals surface area (Å²) in [7, 11) is 2.07. The lowest BCUT2D eigenvalue weighted by Crippen LogP contribution is -2.37. The van der Waals surface area contributed by atoms with Crippen LogP contribution in [-0.2, 0) is 7.05 Å². The fraction of sp³-hybridized carbons (Fsp3) is 0.450. The van der Waals surface area contributed by atoms with Crippen molar-refractivity contribution in [2.75, 3.05) is 19.6 Å². The predicted molar refractivity (Wildman–Crippen MR) is 97.2 cm³/mol. The van der Waals surface area contributed by atoms with Gasteiger partial charge in [0.2, 0.25) is 0 Å². The number of likely N-dealkylation sites (tertiary alicyclic amines) is 1. The van der Waals surface area contributed by atoms with Gasteiger partial charge in [-0.25, -0.2) is 0 Å². The van der Waals surface area contributed by atoms with Gasteiger partial charge in [0.15, 0.2) is 0 Å². The number of nitrogens with zero attached hydrogens (tertiary/aromatic N) is 2. The number of nitrogens with one attached hydrogen (secondary N) is 1. The molecule has 1 aliphatic heterocycles. The van der Waals surface area contributed by atoms with Gasteiger partial charge in [-0.2, -0.15) is 0 Å². The second kappa shape index (κ2) is 7.22. The number of aromatic nitrogens is 1. The van der Waals surface area contributed by atoms with E-state index in [1.165, 1.54) is 18.5 Å². The highest BCUT2D eigenvalue weighted by molar-refractivity contribution is 5.95. The first kappa shape index (κ1) is 16.8. The third kappa shape index (κ3) is 3.54. The first-order valence-electron chi connectivity index (χ1n) is 8.77. The van der Waals surface area contributed by atoms with Crippen LogP contribution >= 0.6 is 0 Å². The molecule has 0 radical (unpaired) electrons. The molecule has 4 nitrogen and oxygen atoms in total. The zero-order valence-corrected chi connectivity index (χ0v) is 14.9. The Kier molecular flexibility index (Phi) is 5.05. The van der Waals surface area contributed by atoms with Crippen LogP contribution in [0.15, 0.2) is 36.5 Å². The van der Waals surface area contributed by atoms with Crippen LogP contribution < -0.4 is 5.32 Å². The Morgan fingerprint density at radius 2 is 1.96 bits per heavy atom. The number of carbonyl (C=O) groups excluding carboxylic acids is 1. The highest BCUT2D eigenvalue weighted by Gasteiger charge is 2.25. The molecule has 24 heavy (non-hydrogen) atoms. The van der Waals surface area contributed by atoms with Crippen molar-refractivity contribution in [2.45, 2.75) is 32.7 Å². The van der Waals surface area contributed by atoms with Gasteiger partial charge in [0, 0.05) is 31.0 Å². The molecule has 3 rings (SSSR count). The Hall–Kier alpha value is -2.07. The van der Waals surface area contributed by atoms with Crippen molar-refractivity contribution < 1.29 is 4.79 Å². The molecule has 1 amide bonds. The second-order valence-corrected chi connectivity index (χ2v) is 6.83. The molecule has 2 aromatic rings. The van der Waals surface area contributed by atoms with Crippen molar-refractivity contribution in [3.8, 4) is 0 Å². The minimum absolute atomic E-state index is 0.0228. The van der Waals surface area contributed by atoms with Crippen LogP contribution in [0.5, 0.6) is 0 Å². The summed E-state index contributed by atoms with van der Waals surface area (Å²) in [6.45, 7) is 6.87. The number of benzene rings is 1. The Morgan fingerprint density at radius 3 is 2.62 bits per heavy atom. The van der Waals surface area contributed by atoms with Crippen molar-refractivity contribution >= 4 is 5.91 Å². The minimum Gasteiger partial charge on any atom is -0.353 e. The van der Waals surface area contributed by atoms with E-state index >= 15 is 0 Å². The summed E-state index contributed by atoms with van der Waals surface area (Å²) in [5, 5.41) is 3.17. The van der Waals surface area contributed by atoms with Gasteiger partial charge >= 0.3 is 0 Å². The second-order valence-electron chi connectivity index (χ2n) is 6.83. The first-order valence-corrected chi connectivity index (χ1v) is 8.77. The van der Waals surface area contributed by atoms with E-state index in [4.69, 9.17) is 0 Å². The summed E-state index contributed by atoms with van der Waals surface area (Å²) in [5.74, 6) is 0.0228. The van der Waals surface area contributed by atoms with Crippen LogP contribution in [0.4, 0.5) is 0 Å². The molecule has 1 aliphatic rings. The maximum Gasteiger partial charge on any atom is 0.251 e. The third-order valence-electron chi connectivity index (χ3n) is 5.00. The summed E-state index contributed by atoms with van der Waals surface area (Å²) < 4.78 is 2.16. The standard InChI is InChI=1S/C20H27N3O/c1-15-8-9-16(2)17(13-15)20(24)21-14-19(23-11-4-5-12-23)18-7-6-10-22(18)3/h6-10,13,19H,4-5,11-12,14H2,1-3H3,(H,21,24). The molecule has 1 aromatic carbocycles. The third-order valence-corrected chi connectivity index (χ3v) is 5.00. The zero-order valence-electron chi connectivity index (χ0n) is 14.9.